The van der Waals surface area contributed by atoms with Crippen molar-refractivity contribution in [2.45, 2.75) is 0 Å². The summed E-state index contributed by atoms with van der Waals surface area (Å²) in [4.78, 5) is 36.4. The largest absolute Gasteiger partial charge is 0.500 e. The van der Waals surface area contributed by atoms with Gasteiger partial charge in [-0.2, -0.15) is 0 Å². The molecular formula is C20H16Cl2O7. The van der Waals surface area contributed by atoms with Crippen LogP contribution in [0.15, 0.2) is 54.5 Å². The number of rotatable bonds is 8. The van der Waals surface area contributed by atoms with Crippen LogP contribution in [0.5, 0.6) is 5.75 Å². The summed E-state index contributed by atoms with van der Waals surface area (Å²) in [6, 6.07) is 10.4. The van der Waals surface area contributed by atoms with Gasteiger partial charge in [-0.1, -0.05) is 35.3 Å². The fourth-order valence-electron chi connectivity index (χ4n) is 2.13. The Morgan fingerprint density at radius 2 is 1.72 bits per heavy atom. The smallest absolute Gasteiger partial charge is 0.377 e. The Morgan fingerprint density at radius 1 is 1.00 bits per heavy atom. The molecule has 0 aliphatic heterocycles. The molecule has 0 aliphatic rings. The lowest BCUT2D eigenvalue weighted by molar-refractivity contribution is -0.138. The van der Waals surface area contributed by atoms with Crippen molar-refractivity contribution in [3.8, 4) is 5.75 Å². The van der Waals surface area contributed by atoms with Crippen LogP contribution in [0.1, 0.15) is 20.7 Å². The number of para-hydroxylation sites is 1. The molecular weight excluding hydrogens is 423 g/mol. The van der Waals surface area contributed by atoms with Gasteiger partial charge in [-0.25, -0.2) is 9.59 Å². The van der Waals surface area contributed by atoms with Gasteiger partial charge in [0.25, 0.3) is 0 Å². The lowest BCUT2D eigenvalue weighted by atomic mass is 10.1. The standard InChI is InChI=1S/C20H16Cl2O7/c1-26-11-18(20(25)27-2)29-17-6-4-3-5-13(17)19(24)28-10-16(23)12-7-8-14(21)15(22)9-12/h3-9,11H,10H2,1-2H3/b18-11+. The first-order valence-corrected chi connectivity index (χ1v) is 8.86. The van der Waals surface area contributed by atoms with Gasteiger partial charge in [0, 0.05) is 5.56 Å². The summed E-state index contributed by atoms with van der Waals surface area (Å²) < 4.78 is 19.9. The Labute approximate surface area is 176 Å². The first-order chi connectivity index (χ1) is 13.9. The van der Waals surface area contributed by atoms with Gasteiger partial charge < -0.3 is 18.9 Å². The van der Waals surface area contributed by atoms with Crippen molar-refractivity contribution in [3.05, 3.63) is 75.7 Å². The molecule has 0 amide bonds. The second kappa shape index (κ2) is 10.5. The molecule has 0 saturated heterocycles. The van der Waals surface area contributed by atoms with Crippen molar-refractivity contribution in [1.82, 2.24) is 0 Å². The number of ether oxygens (including phenoxy) is 4. The zero-order valence-electron chi connectivity index (χ0n) is 15.4. The minimum Gasteiger partial charge on any atom is -0.500 e. The van der Waals surface area contributed by atoms with E-state index >= 15 is 0 Å². The molecule has 2 aromatic rings. The Morgan fingerprint density at radius 3 is 2.38 bits per heavy atom. The number of methoxy groups -OCH3 is 2. The van der Waals surface area contributed by atoms with Crippen molar-refractivity contribution in [2.24, 2.45) is 0 Å². The lowest BCUT2D eigenvalue weighted by Crippen LogP contribution is -2.16. The van der Waals surface area contributed by atoms with Gasteiger partial charge in [0.05, 0.1) is 24.3 Å². The fraction of sp³-hybridized carbons (Fsp3) is 0.150. The predicted molar refractivity (Wildman–Crippen MR) is 105 cm³/mol. The highest BCUT2D eigenvalue weighted by atomic mass is 35.5. The van der Waals surface area contributed by atoms with E-state index in [9.17, 15) is 14.4 Å². The Hall–Kier alpha value is -3.03. The molecule has 0 aromatic heterocycles. The maximum absolute atomic E-state index is 12.4. The average molecular weight is 439 g/mol. The highest BCUT2D eigenvalue weighted by molar-refractivity contribution is 6.42. The minimum atomic E-state index is -0.823. The predicted octanol–water partition coefficient (Wildman–Crippen LogP) is 4.07. The average Bonchev–Trinajstić information content (AvgIpc) is 2.73. The molecule has 9 heteroatoms. The van der Waals surface area contributed by atoms with Crippen LogP contribution < -0.4 is 4.74 Å². The van der Waals surface area contributed by atoms with Crippen LogP contribution in [-0.4, -0.2) is 38.5 Å². The highest BCUT2D eigenvalue weighted by Crippen LogP contribution is 2.24. The number of hydrogen-bond donors (Lipinski definition) is 0. The van der Waals surface area contributed by atoms with Gasteiger partial charge in [0.2, 0.25) is 5.76 Å². The second-order valence-electron chi connectivity index (χ2n) is 5.44. The summed E-state index contributed by atoms with van der Waals surface area (Å²) in [6.07, 6.45) is 1.03. The Balaban J connectivity index is 2.13. The molecule has 152 valence electrons. The van der Waals surface area contributed by atoms with E-state index in [1.165, 1.54) is 44.6 Å². The third kappa shape index (κ3) is 5.97. The number of carbonyl (C=O) groups excluding carboxylic acids is 3. The molecule has 0 heterocycles. The molecule has 7 nitrogen and oxygen atoms in total. The van der Waals surface area contributed by atoms with E-state index in [0.717, 1.165) is 6.26 Å². The molecule has 0 saturated carbocycles. The van der Waals surface area contributed by atoms with Crippen molar-refractivity contribution in [2.75, 3.05) is 20.8 Å². The molecule has 0 fully saturated rings. The third-order valence-electron chi connectivity index (χ3n) is 3.51. The normalized spacial score (nSPS) is 10.8. The minimum absolute atomic E-state index is 0.000319. The van der Waals surface area contributed by atoms with Gasteiger partial charge in [0.15, 0.2) is 12.4 Å². The third-order valence-corrected chi connectivity index (χ3v) is 4.25. The van der Waals surface area contributed by atoms with Crippen LogP contribution in [-0.2, 0) is 19.0 Å². The van der Waals surface area contributed by atoms with Crippen molar-refractivity contribution in [3.63, 3.8) is 0 Å². The van der Waals surface area contributed by atoms with Gasteiger partial charge in [0.1, 0.15) is 17.6 Å². The van der Waals surface area contributed by atoms with Gasteiger partial charge in [-0.05, 0) is 30.3 Å². The summed E-state index contributed by atoms with van der Waals surface area (Å²) in [5.74, 6) is -2.35. The van der Waals surface area contributed by atoms with E-state index in [0.29, 0.717) is 5.02 Å². The summed E-state index contributed by atoms with van der Waals surface area (Å²) in [7, 11) is 2.49. The van der Waals surface area contributed by atoms with E-state index in [-0.39, 0.29) is 27.7 Å². The number of carbonyl (C=O) groups is 3. The van der Waals surface area contributed by atoms with Crippen LogP contribution >= 0.6 is 23.2 Å². The van der Waals surface area contributed by atoms with Gasteiger partial charge in [-0.3, -0.25) is 4.79 Å². The number of ketones is 1. The van der Waals surface area contributed by atoms with Crippen LogP contribution in [0.25, 0.3) is 0 Å². The van der Waals surface area contributed by atoms with E-state index in [2.05, 4.69) is 4.74 Å². The summed E-state index contributed by atoms with van der Waals surface area (Å²) in [5, 5.41) is 0.514. The van der Waals surface area contributed by atoms with E-state index in [1.54, 1.807) is 12.1 Å². The Bertz CT molecular complexity index is 954. The fourth-order valence-corrected chi connectivity index (χ4v) is 2.42. The van der Waals surface area contributed by atoms with E-state index in [4.69, 9.17) is 37.4 Å². The molecule has 2 rings (SSSR count). The number of Topliss-reactive ketones (excluding diaryl/α,β-unsaturated/α-hetero) is 1. The number of esters is 2. The number of halogens is 2. The molecule has 0 spiro atoms. The maximum atomic E-state index is 12.4. The summed E-state index contributed by atoms with van der Waals surface area (Å²) in [5.41, 5.74) is 0.244. The van der Waals surface area contributed by atoms with Crippen LogP contribution in [0, 0.1) is 0 Å². The second-order valence-corrected chi connectivity index (χ2v) is 6.25. The number of benzene rings is 2. The maximum Gasteiger partial charge on any atom is 0.377 e. The highest BCUT2D eigenvalue weighted by Gasteiger charge is 2.20. The molecule has 0 aliphatic carbocycles. The molecule has 0 N–H and O–H groups in total. The quantitative estimate of drug-likeness (QED) is 0.265. The van der Waals surface area contributed by atoms with E-state index < -0.39 is 24.3 Å². The van der Waals surface area contributed by atoms with Crippen molar-refractivity contribution >= 4 is 40.9 Å². The van der Waals surface area contributed by atoms with Crippen molar-refractivity contribution < 1.29 is 33.3 Å². The SMILES string of the molecule is CO/C=C(/Oc1ccccc1C(=O)OCC(=O)c1ccc(Cl)c(Cl)c1)C(=O)OC. The first kappa shape index (κ1) is 22.3. The first-order valence-electron chi connectivity index (χ1n) is 8.11. The molecule has 0 radical (unpaired) electrons. The van der Waals surface area contributed by atoms with Crippen LogP contribution in [0.4, 0.5) is 0 Å². The lowest BCUT2D eigenvalue weighted by Gasteiger charge is -2.12. The Kier molecular flexibility index (Phi) is 8.06. The zero-order chi connectivity index (χ0) is 21.4. The molecule has 0 unspecified atom stereocenters. The topological polar surface area (TPSA) is 88.1 Å². The van der Waals surface area contributed by atoms with E-state index in [1.807, 2.05) is 0 Å². The molecule has 2 aromatic carbocycles. The van der Waals surface area contributed by atoms with Gasteiger partial charge in [-0.15, -0.1) is 0 Å². The monoisotopic (exact) mass is 438 g/mol. The molecule has 0 bridgehead atoms. The molecule has 29 heavy (non-hydrogen) atoms. The summed E-state index contributed by atoms with van der Waals surface area (Å²) >= 11 is 11.7. The van der Waals surface area contributed by atoms with Crippen LogP contribution in [0.3, 0.4) is 0 Å². The zero-order valence-corrected chi connectivity index (χ0v) is 17.0. The molecule has 0 atom stereocenters. The summed E-state index contributed by atoms with van der Waals surface area (Å²) in [6.45, 7) is -0.525. The van der Waals surface area contributed by atoms with Crippen molar-refractivity contribution in [1.29, 1.82) is 0 Å². The van der Waals surface area contributed by atoms with Crippen LogP contribution in [0.2, 0.25) is 10.0 Å². The number of hydrogen-bond acceptors (Lipinski definition) is 7. The van der Waals surface area contributed by atoms with Gasteiger partial charge >= 0.3 is 11.9 Å².